The molecule has 0 radical (unpaired) electrons. The molecule has 17 heteroatoms. The van der Waals surface area contributed by atoms with Crippen LogP contribution >= 0.6 is 0 Å². The molecule has 4 aliphatic heterocycles. The van der Waals surface area contributed by atoms with Crippen molar-refractivity contribution in [2.24, 2.45) is 39.9 Å². The summed E-state index contributed by atoms with van der Waals surface area (Å²) in [5.74, 6) is -0.866. The fourth-order valence-electron chi connectivity index (χ4n) is 5.28. The Hall–Kier alpha value is -4.29. The number of hydrogen-bond acceptors (Lipinski definition) is 16. The van der Waals surface area contributed by atoms with E-state index in [1.54, 1.807) is 49.0 Å². The van der Waals surface area contributed by atoms with E-state index < -0.39 is 60.9 Å². The molecule has 0 bridgehead atoms. The Morgan fingerprint density at radius 1 is 0.942 bits per heavy atom. The van der Waals surface area contributed by atoms with E-state index in [-0.39, 0.29) is 42.8 Å². The molecule has 52 heavy (non-hydrogen) atoms. The predicted octanol–water partition coefficient (Wildman–Crippen LogP) is 0.649. The van der Waals surface area contributed by atoms with Gasteiger partial charge in [-0.1, -0.05) is 54.7 Å². The standard InChI is InChI=1S/C19H30N4O5.C16H25N3O5/c1-10(2)17(21)19(25)28-13-8-16(23-7-6-15(20)22-12(23)5)27-14(13)9-26-18(24)11(3)4;1-8(2)14(17)16(22)24-11-5-13(23-12(11)7-20)19-6-9(3)15(21)18-10(19)4/h6-7,10-11,13-14,16-17H,5,8-9,21H2,1-4H3,(H2,20,22);6,8,11-14,20H,4-5,7,17H2,1-3H3,(H,18,21)/t13-,14-,16-,17?;11-,12-,13-,14?/m11/s1. The van der Waals surface area contributed by atoms with Crippen LogP contribution in [0.15, 0.2) is 53.8 Å². The molecule has 0 aliphatic carbocycles. The van der Waals surface area contributed by atoms with Gasteiger partial charge in [-0.15, -0.1) is 0 Å². The second kappa shape index (κ2) is 18.5. The number of carbonyl (C=O) groups is 4. The Kier molecular flexibility index (Phi) is 15.0. The smallest absolute Gasteiger partial charge is 0.323 e. The van der Waals surface area contributed by atoms with Crippen LogP contribution in [0, 0.1) is 17.8 Å². The van der Waals surface area contributed by atoms with E-state index in [1.807, 2.05) is 27.7 Å². The lowest BCUT2D eigenvalue weighted by Gasteiger charge is -2.32. The number of aliphatic hydroxyl groups is 1. The molecule has 8 N–H and O–H groups in total. The topological polar surface area (TPSA) is 244 Å². The first-order valence-electron chi connectivity index (χ1n) is 17.3. The van der Waals surface area contributed by atoms with Crippen molar-refractivity contribution in [2.75, 3.05) is 13.2 Å². The maximum absolute atomic E-state index is 12.3. The largest absolute Gasteiger partial charge is 0.463 e. The molecule has 1 amide bonds. The van der Waals surface area contributed by atoms with Crippen molar-refractivity contribution in [3.05, 3.63) is 48.8 Å². The molecule has 0 spiro atoms. The first-order chi connectivity index (χ1) is 24.3. The molecule has 0 aromatic rings. The van der Waals surface area contributed by atoms with Gasteiger partial charge in [-0.2, -0.15) is 0 Å². The Labute approximate surface area is 304 Å². The quantitative estimate of drug-likeness (QED) is 0.137. The lowest BCUT2D eigenvalue weighted by molar-refractivity contribution is -0.161. The fourth-order valence-corrected chi connectivity index (χ4v) is 5.28. The van der Waals surface area contributed by atoms with Gasteiger partial charge >= 0.3 is 17.9 Å². The van der Waals surface area contributed by atoms with E-state index in [9.17, 15) is 24.3 Å². The fraction of sp³-hybridized carbons (Fsp3) is 0.629. The number of aliphatic hydroxyl groups excluding tert-OH is 1. The lowest BCUT2D eigenvalue weighted by Crippen LogP contribution is -2.42. The number of esters is 3. The zero-order valence-electron chi connectivity index (χ0n) is 31.0. The van der Waals surface area contributed by atoms with Gasteiger partial charge in [0.15, 0.2) is 0 Å². The van der Waals surface area contributed by atoms with Gasteiger partial charge in [-0.3, -0.25) is 19.2 Å². The Balaban J connectivity index is 0.000000284. The second-order valence-electron chi connectivity index (χ2n) is 14.0. The maximum atomic E-state index is 12.3. The van der Waals surface area contributed by atoms with Crippen molar-refractivity contribution in [3.63, 3.8) is 0 Å². The number of rotatable bonds is 12. The van der Waals surface area contributed by atoms with Gasteiger partial charge in [0.05, 0.1) is 12.5 Å². The molecule has 17 nitrogen and oxygen atoms in total. The zero-order valence-corrected chi connectivity index (χ0v) is 31.0. The number of carbonyl (C=O) groups excluding carboxylic acids is 4. The number of nitrogens with one attached hydrogen (secondary N) is 1. The first-order valence-corrected chi connectivity index (χ1v) is 17.3. The van der Waals surface area contributed by atoms with Gasteiger partial charge in [0.1, 0.15) is 73.0 Å². The molecule has 0 aromatic heterocycles. The zero-order chi connectivity index (χ0) is 39.0. The molecule has 4 aliphatic rings. The average Bonchev–Trinajstić information content (AvgIpc) is 3.67. The summed E-state index contributed by atoms with van der Waals surface area (Å²) in [6, 6.07) is -1.47. The van der Waals surface area contributed by atoms with Gasteiger partial charge in [-0.25, -0.2) is 4.99 Å². The SMILES string of the molecule is C=C1N=C(N)C=CN1[C@H]1C[C@@H](OC(=O)C(N)C(C)C)[C@@H](COC(=O)C(C)C)O1.C=C1NC(=O)C(C)=CN1[C@H]1C[C@@H](OC(=O)C(N)C(C)C)[C@@H](CO)O1. The summed E-state index contributed by atoms with van der Waals surface area (Å²) in [7, 11) is 0. The molecular formula is C35H55N7O10. The highest BCUT2D eigenvalue weighted by molar-refractivity contribution is 5.94. The average molecular weight is 734 g/mol. The molecule has 2 fully saturated rings. The third-order valence-electron chi connectivity index (χ3n) is 8.76. The van der Waals surface area contributed by atoms with Crippen LogP contribution in [0.4, 0.5) is 0 Å². The van der Waals surface area contributed by atoms with Crippen LogP contribution in [0.2, 0.25) is 0 Å². The van der Waals surface area contributed by atoms with Crippen molar-refractivity contribution in [3.8, 4) is 0 Å². The minimum absolute atomic E-state index is 0.0299. The van der Waals surface area contributed by atoms with Crippen molar-refractivity contribution < 1.29 is 48.0 Å². The Morgan fingerprint density at radius 3 is 1.96 bits per heavy atom. The van der Waals surface area contributed by atoms with E-state index in [0.29, 0.717) is 35.9 Å². The highest BCUT2D eigenvalue weighted by Crippen LogP contribution is 2.31. The van der Waals surface area contributed by atoms with Crippen LogP contribution in [-0.2, 0) is 42.9 Å². The van der Waals surface area contributed by atoms with Crippen molar-refractivity contribution in [1.82, 2.24) is 15.1 Å². The van der Waals surface area contributed by atoms with Crippen LogP contribution in [0.25, 0.3) is 0 Å². The van der Waals surface area contributed by atoms with E-state index in [4.69, 9.17) is 40.9 Å². The number of nitrogens with two attached hydrogens (primary N) is 3. The summed E-state index contributed by atoms with van der Waals surface area (Å²) in [6.07, 6.45) is 2.14. The number of aliphatic imine (C=N–C) groups is 1. The van der Waals surface area contributed by atoms with Crippen LogP contribution in [0.3, 0.4) is 0 Å². The minimum atomic E-state index is -0.743. The molecular weight excluding hydrogens is 678 g/mol. The molecule has 0 aromatic carbocycles. The van der Waals surface area contributed by atoms with Gasteiger partial charge in [-0.05, 0) is 24.8 Å². The van der Waals surface area contributed by atoms with Gasteiger partial charge < -0.3 is 61.1 Å². The van der Waals surface area contributed by atoms with E-state index >= 15 is 0 Å². The van der Waals surface area contributed by atoms with Crippen LogP contribution in [-0.4, -0.2) is 107 Å². The molecule has 290 valence electrons. The molecule has 2 saturated heterocycles. The van der Waals surface area contributed by atoms with Crippen molar-refractivity contribution >= 4 is 29.7 Å². The van der Waals surface area contributed by atoms with Crippen LogP contribution in [0.5, 0.6) is 0 Å². The number of nitrogens with zero attached hydrogens (tertiary/aromatic N) is 3. The Morgan fingerprint density at radius 2 is 1.46 bits per heavy atom. The van der Waals surface area contributed by atoms with Gasteiger partial charge in [0.2, 0.25) is 0 Å². The third-order valence-corrected chi connectivity index (χ3v) is 8.76. The van der Waals surface area contributed by atoms with Gasteiger partial charge in [0.25, 0.3) is 5.91 Å². The number of hydrogen-bond donors (Lipinski definition) is 5. The molecule has 2 unspecified atom stereocenters. The summed E-state index contributed by atoms with van der Waals surface area (Å²) in [4.78, 5) is 55.3. The van der Waals surface area contributed by atoms with Crippen LogP contribution < -0.4 is 22.5 Å². The number of amidine groups is 1. The maximum Gasteiger partial charge on any atom is 0.323 e. The molecule has 4 heterocycles. The highest BCUT2D eigenvalue weighted by Gasteiger charge is 2.44. The molecule has 0 saturated carbocycles. The minimum Gasteiger partial charge on any atom is -0.463 e. The van der Waals surface area contributed by atoms with E-state index in [1.165, 1.54) is 0 Å². The second-order valence-corrected chi connectivity index (χ2v) is 14.0. The van der Waals surface area contributed by atoms with E-state index in [0.717, 1.165) is 0 Å². The summed E-state index contributed by atoms with van der Waals surface area (Å²) >= 11 is 0. The summed E-state index contributed by atoms with van der Waals surface area (Å²) in [5.41, 5.74) is 17.9. The highest BCUT2D eigenvalue weighted by atomic mass is 16.6. The monoisotopic (exact) mass is 733 g/mol. The van der Waals surface area contributed by atoms with Crippen molar-refractivity contribution in [2.45, 2.75) is 110 Å². The number of ether oxygens (including phenoxy) is 5. The first kappa shape index (κ1) is 42.1. The lowest BCUT2D eigenvalue weighted by atomic mass is 10.1. The normalized spacial score (nSPS) is 27.1. The van der Waals surface area contributed by atoms with Crippen LogP contribution in [0.1, 0.15) is 61.3 Å². The van der Waals surface area contributed by atoms with E-state index in [2.05, 4.69) is 23.5 Å². The summed E-state index contributed by atoms with van der Waals surface area (Å²) in [5, 5.41) is 12.1. The Bertz CT molecular complexity index is 1440. The summed E-state index contributed by atoms with van der Waals surface area (Å²) < 4.78 is 28.1. The van der Waals surface area contributed by atoms with Crippen molar-refractivity contribution in [1.29, 1.82) is 0 Å². The van der Waals surface area contributed by atoms with Gasteiger partial charge in [0, 0.05) is 30.8 Å². The number of amides is 1. The molecule has 4 rings (SSSR count). The third kappa shape index (κ3) is 10.9. The summed E-state index contributed by atoms with van der Waals surface area (Å²) in [6.45, 7) is 19.8. The molecule has 8 atom stereocenters. The predicted molar refractivity (Wildman–Crippen MR) is 189 cm³/mol.